The smallest absolute Gasteiger partial charge is 0.0759 e. The van der Waals surface area contributed by atoms with E-state index in [4.69, 9.17) is 22.7 Å². The molecular weight excluding hydrogens is 208 g/mol. The van der Waals surface area contributed by atoms with Crippen LogP contribution >= 0.6 is 12.2 Å². The Hall–Kier alpha value is -0.190. The predicted molar refractivity (Wildman–Crippen MR) is 67.1 cm³/mol. The van der Waals surface area contributed by atoms with E-state index in [0.29, 0.717) is 10.9 Å². The van der Waals surface area contributed by atoms with Gasteiger partial charge in [0.05, 0.1) is 11.6 Å². The summed E-state index contributed by atoms with van der Waals surface area (Å²) in [6.07, 6.45) is 3.33. The summed E-state index contributed by atoms with van der Waals surface area (Å²) in [7, 11) is 0. The summed E-state index contributed by atoms with van der Waals surface area (Å²) in [6.45, 7) is 7.13. The fourth-order valence-electron chi connectivity index (χ4n) is 1.88. The Labute approximate surface area is 98.0 Å². The van der Waals surface area contributed by atoms with Gasteiger partial charge in [0.1, 0.15) is 0 Å². The lowest BCUT2D eigenvalue weighted by atomic mass is 9.97. The molecule has 4 heteroatoms. The van der Waals surface area contributed by atoms with Crippen LogP contribution in [0.3, 0.4) is 0 Å². The van der Waals surface area contributed by atoms with Gasteiger partial charge in [0.15, 0.2) is 0 Å². The summed E-state index contributed by atoms with van der Waals surface area (Å²) in [6, 6.07) is 0. The highest BCUT2D eigenvalue weighted by Gasteiger charge is 2.20. The number of ether oxygens (including phenoxy) is 1. The van der Waals surface area contributed by atoms with E-state index in [2.05, 4.69) is 11.8 Å². The Morgan fingerprint density at radius 3 is 2.60 bits per heavy atom. The number of rotatable bonds is 6. The summed E-state index contributed by atoms with van der Waals surface area (Å²) >= 11 is 5.01. The number of likely N-dealkylation sites (tertiary alicyclic amines) is 1. The molecule has 0 aliphatic carbocycles. The van der Waals surface area contributed by atoms with Gasteiger partial charge in [-0.3, -0.25) is 0 Å². The molecule has 1 rings (SSSR count). The molecule has 3 nitrogen and oxygen atoms in total. The SMILES string of the molecule is CCCOCCN1CCC(C(N)=S)CC1. The van der Waals surface area contributed by atoms with Crippen LogP contribution in [0.5, 0.6) is 0 Å². The highest BCUT2D eigenvalue weighted by atomic mass is 32.1. The molecule has 88 valence electrons. The Bertz CT molecular complexity index is 191. The minimum absolute atomic E-state index is 0.466. The van der Waals surface area contributed by atoms with Gasteiger partial charge < -0.3 is 15.4 Å². The van der Waals surface area contributed by atoms with Crippen molar-refractivity contribution in [2.24, 2.45) is 11.7 Å². The Morgan fingerprint density at radius 1 is 1.40 bits per heavy atom. The van der Waals surface area contributed by atoms with Crippen molar-refractivity contribution in [3.8, 4) is 0 Å². The molecular formula is C11H22N2OS. The molecule has 0 unspecified atom stereocenters. The number of piperidine rings is 1. The molecule has 0 amide bonds. The third kappa shape index (κ3) is 4.91. The standard InChI is InChI=1S/C11H22N2OS/c1-2-8-14-9-7-13-5-3-10(4-6-13)11(12)15/h10H,2-9H2,1H3,(H2,12,15). The van der Waals surface area contributed by atoms with Gasteiger partial charge in [-0.05, 0) is 32.4 Å². The van der Waals surface area contributed by atoms with Crippen molar-refractivity contribution in [3.05, 3.63) is 0 Å². The van der Waals surface area contributed by atoms with Crippen LogP contribution in [0.4, 0.5) is 0 Å². The summed E-state index contributed by atoms with van der Waals surface area (Å²) in [5.41, 5.74) is 5.64. The zero-order valence-electron chi connectivity index (χ0n) is 9.58. The molecule has 0 spiro atoms. The molecule has 1 aliphatic heterocycles. The minimum atomic E-state index is 0.466. The Balaban J connectivity index is 2.07. The molecule has 0 aromatic rings. The molecule has 2 N–H and O–H groups in total. The van der Waals surface area contributed by atoms with Crippen LogP contribution in [-0.2, 0) is 4.74 Å². The highest BCUT2D eigenvalue weighted by Crippen LogP contribution is 2.16. The van der Waals surface area contributed by atoms with Gasteiger partial charge in [-0.25, -0.2) is 0 Å². The van der Waals surface area contributed by atoms with Crippen molar-refractivity contribution >= 4 is 17.2 Å². The molecule has 0 aromatic heterocycles. The van der Waals surface area contributed by atoms with E-state index in [1.807, 2.05) is 0 Å². The van der Waals surface area contributed by atoms with Gasteiger partial charge in [-0.15, -0.1) is 0 Å². The van der Waals surface area contributed by atoms with E-state index in [9.17, 15) is 0 Å². The average Bonchev–Trinajstić information content (AvgIpc) is 2.25. The fourth-order valence-corrected chi connectivity index (χ4v) is 2.12. The van der Waals surface area contributed by atoms with Gasteiger partial charge in [0.25, 0.3) is 0 Å². The number of thiocarbonyl (C=S) groups is 1. The first-order valence-electron chi connectivity index (χ1n) is 5.83. The van der Waals surface area contributed by atoms with E-state index < -0.39 is 0 Å². The van der Waals surface area contributed by atoms with Gasteiger partial charge in [0, 0.05) is 19.1 Å². The monoisotopic (exact) mass is 230 g/mol. The summed E-state index contributed by atoms with van der Waals surface area (Å²) < 4.78 is 5.47. The van der Waals surface area contributed by atoms with Crippen molar-refractivity contribution in [1.29, 1.82) is 0 Å². The van der Waals surface area contributed by atoms with E-state index >= 15 is 0 Å². The zero-order chi connectivity index (χ0) is 11.1. The first-order valence-corrected chi connectivity index (χ1v) is 6.24. The lowest BCUT2D eigenvalue weighted by Gasteiger charge is -2.31. The first-order chi connectivity index (χ1) is 7.24. The Morgan fingerprint density at radius 2 is 2.07 bits per heavy atom. The van der Waals surface area contributed by atoms with Crippen LogP contribution in [-0.4, -0.2) is 42.7 Å². The summed E-state index contributed by atoms with van der Waals surface area (Å²) in [5.74, 6) is 0.466. The molecule has 0 saturated carbocycles. The average molecular weight is 230 g/mol. The van der Waals surface area contributed by atoms with E-state index in [1.54, 1.807) is 0 Å². The van der Waals surface area contributed by atoms with E-state index in [-0.39, 0.29) is 0 Å². The molecule has 0 bridgehead atoms. The van der Waals surface area contributed by atoms with E-state index in [0.717, 1.165) is 52.1 Å². The third-order valence-corrected chi connectivity index (χ3v) is 3.22. The first kappa shape index (κ1) is 12.9. The molecule has 0 radical (unpaired) electrons. The van der Waals surface area contributed by atoms with Crippen molar-refractivity contribution < 1.29 is 4.74 Å². The van der Waals surface area contributed by atoms with Gasteiger partial charge in [-0.1, -0.05) is 19.1 Å². The number of hydrogen-bond donors (Lipinski definition) is 1. The van der Waals surface area contributed by atoms with E-state index in [1.165, 1.54) is 0 Å². The van der Waals surface area contributed by atoms with Crippen LogP contribution in [0.2, 0.25) is 0 Å². The zero-order valence-corrected chi connectivity index (χ0v) is 10.4. The lowest BCUT2D eigenvalue weighted by Crippen LogP contribution is -2.39. The van der Waals surface area contributed by atoms with Crippen molar-refractivity contribution in [2.75, 3.05) is 32.8 Å². The largest absolute Gasteiger partial charge is 0.393 e. The second-order valence-corrected chi connectivity index (χ2v) is 4.60. The maximum Gasteiger partial charge on any atom is 0.0759 e. The van der Waals surface area contributed by atoms with Crippen molar-refractivity contribution in [2.45, 2.75) is 26.2 Å². The second-order valence-electron chi connectivity index (χ2n) is 4.13. The third-order valence-electron chi connectivity index (χ3n) is 2.89. The number of hydrogen-bond acceptors (Lipinski definition) is 3. The molecule has 1 heterocycles. The van der Waals surface area contributed by atoms with Gasteiger partial charge in [0.2, 0.25) is 0 Å². The number of nitrogens with two attached hydrogens (primary N) is 1. The van der Waals surface area contributed by atoms with Crippen LogP contribution in [0.15, 0.2) is 0 Å². The molecule has 1 saturated heterocycles. The van der Waals surface area contributed by atoms with Crippen LogP contribution in [0.25, 0.3) is 0 Å². The summed E-state index contributed by atoms with van der Waals surface area (Å²) in [5, 5.41) is 0. The molecule has 1 aliphatic rings. The van der Waals surface area contributed by atoms with Crippen LogP contribution in [0.1, 0.15) is 26.2 Å². The maximum absolute atomic E-state index is 5.64. The van der Waals surface area contributed by atoms with Gasteiger partial charge >= 0.3 is 0 Å². The maximum atomic E-state index is 5.64. The van der Waals surface area contributed by atoms with Crippen LogP contribution in [0, 0.1) is 5.92 Å². The lowest BCUT2D eigenvalue weighted by molar-refractivity contribution is 0.0936. The molecule has 0 aromatic carbocycles. The number of nitrogens with zero attached hydrogens (tertiary/aromatic N) is 1. The second kappa shape index (κ2) is 7.14. The quantitative estimate of drug-likeness (QED) is 0.553. The molecule has 15 heavy (non-hydrogen) atoms. The molecule has 0 atom stereocenters. The topological polar surface area (TPSA) is 38.5 Å². The van der Waals surface area contributed by atoms with Gasteiger partial charge in [-0.2, -0.15) is 0 Å². The predicted octanol–water partition coefficient (Wildman–Crippen LogP) is 1.41. The highest BCUT2D eigenvalue weighted by molar-refractivity contribution is 7.80. The minimum Gasteiger partial charge on any atom is -0.393 e. The van der Waals surface area contributed by atoms with Crippen LogP contribution < -0.4 is 5.73 Å². The van der Waals surface area contributed by atoms with Crippen molar-refractivity contribution in [1.82, 2.24) is 4.90 Å². The Kier molecular flexibility index (Phi) is 6.13. The summed E-state index contributed by atoms with van der Waals surface area (Å²) in [4.78, 5) is 3.13. The normalized spacial score (nSPS) is 19.3. The van der Waals surface area contributed by atoms with Crippen molar-refractivity contribution in [3.63, 3.8) is 0 Å². The molecule has 1 fully saturated rings. The fraction of sp³-hybridized carbons (Fsp3) is 0.909.